The first-order valence-corrected chi connectivity index (χ1v) is 11.8. The Kier molecular flexibility index (Phi) is 9.01. The number of amides is 3. The quantitative estimate of drug-likeness (QED) is 0.399. The zero-order valence-corrected chi connectivity index (χ0v) is 20.4. The fourth-order valence-electron chi connectivity index (χ4n) is 3.62. The first-order chi connectivity index (χ1) is 16.9. The fourth-order valence-corrected chi connectivity index (χ4v) is 3.62. The second-order valence-corrected chi connectivity index (χ2v) is 8.14. The molecule has 0 saturated carbocycles. The van der Waals surface area contributed by atoms with E-state index in [0.717, 1.165) is 11.3 Å². The summed E-state index contributed by atoms with van der Waals surface area (Å²) in [7, 11) is 0. The van der Waals surface area contributed by atoms with Crippen LogP contribution in [0.2, 0.25) is 0 Å². The van der Waals surface area contributed by atoms with Crippen molar-refractivity contribution in [1.82, 2.24) is 10.2 Å². The third-order valence-electron chi connectivity index (χ3n) is 5.71. The summed E-state index contributed by atoms with van der Waals surface area (Å²) in [6, 6.07) is 23.5. The maximum absolute atomic E-state index is 12.5. The molecule has 0 aromatic heterocycles. The number of anilines is 2. The summed E-state index contributed by atoms with van der Waals surface area (Å²) < 4.78 is 0. The lowest BCUT2D eigenvalue weighted by atomic mass is 10.1. The predicted molar refractivity (Wildman–Crippen MR) is 140 cm³/mol. The Morgan fingerprint density at radius 3 is 1.94 bits per heavy atom. The van der Waals surface area contributed by atoms with Crippen LogP contribution in [0.15, 0.2) is 78.9 Å². The van der Waals surface area contributed by atoms with E-state index in [-0.39, 0.29) is 30.3 Å². The van der Waals surface area contributed by atoms with Gasteiger partial charge in [0.15, 0.2) is 0 Å². The van der Waals surface area contributed by atoms with Crippen LogP contribution in [0.3, 0.4) is 0 Å². The number of carbonyl (C=O) groups excluding carboxylic acids is 3. The molecule has 0 heterocycles. The zero-order valence-electron chi connectivity index (χ0n) is 20.4. The summed E-state index contributed by atoms with van der Waals surface area (Å²) in [4.78, 5) is 39.0. The molecule has 7 heteroatoms. The van der Waals surface area contributed by atoms with Crippen molar-refractivity contribution in [1.29, 1.82) is 0 Å². The van der Waals surface area contributed by atoms with E-state index in [4.69, 9.17) is 0 Å². The van der Waals surface area contributed by atoms with Crippen molar-refractivity contribution in [2.45, 2.75) is 26.8 Å². The Labute approximate surface area is 206 Å². The smallest absolute Gasteiger partial charge is 0.253 e. The number of hydrogen-bond acceptors (Lipinski definition) is 4. The van der Waals surface area contributed by atoms with Crippen LogP contribution in [-0.4, -0.2) is 42.3 Å². The van der Waals surface area contributed by atoms with Crippen molar-refractivity contribution in [2.75, 3.05) is 30.3 Å². The molecule has 1 unspecified atom stereocenters. The average Bonchev–Trinajstić information content (AvgIpc) is 2.89. The van der Waals surface area contributed by atoms with E-state index < -0.39 is 0 Å². The lowest BCUT2D eigenvalue weighted by molar-refractivity contribution is -0.114. The second kappa shape index (κ2) is 12.4. The molecule has 0 aliphatic carbocycles. The van der Waals surface area contributed by atoms with Gasteiger partial charge in [-0.2, -0.15) is 0 Å². The highest BCUT2D eigenvalue weighted by Gasteiger charge is 2.13. The monoisotopic (exact) mass is 472 g/mol. The fraction of sp³-hybridized carbons (Fsp3) is 0.250. The Morgan fingerprint density at radius 2 is 1.34 bits per heavy atom. The van der Waals surface area contributed by atoms with Crippen LogP contribution in [0.1, 0.15) is 53.1 Å². The molecule has 3 aromatic carbocycles. The van der Waals surface area contributed by atoms with Gasteiger partial charge in [0.05, 0.1) is 12.6 Å². The largest absolute Gasteiger partial charge is 0.376 e. The Balaban J connectivity index is 1.48. The van der Waals surface area contributed by atoms with E-state index in [9.17, 15) is 14.4 Å². The number of carbonyl (C=O) groups is 3. The van der Waals surface area contributed by atoms with Crippen LogP contribution in [0.4, 0.5) is 11.4 Å². The van der Waals surface area contributed by atoms with Crippen LogP contribution in [-0.2, 0) is 4.79 Å². The normalized spacial score (nSPS) is 11.3. The van der Waals surface area contributed by atoms with Gasteiger partial charge in [-0.3, -0.25) is 14.4 Å². The first-order valence-electron chi connectivity index (χ1n) is 11.8. The molecular weight excluding hydrogens is 440 g/mol. The van der Waals surface area contributed by atoms with Crippen LogP contribution < -0.4 is 16.0 Å². The molecule has 0 bridgehead atoms. The van der Waals surface area contributed by atoms with Crippen LogP contribution >= 0.6 is 0 Å². The predicted octanol–water partition coefficient (Wildman–Crippen LogP) is 4.71. The van der Waals surface area contributed by atoms with Gasteiger partial charge in [-0.25, -0.2) is 0 Å². The minimum atomic E-state index is -0.219. The van der Waals surface area contributed by atoms with Gasteiger partial charge in [0.1, 0.15) is 0 Å². The standard InChI is InChI=1S/C28H32N4O3/c1-4-32(5-2)28(35)23-13-15-24(16-14-23)29-19-26(33)31-25-17-11-22(12-18-25)27(34)30-20(3)21-9-7-6-8-10-21/h6-18,20,29H,4-5,19H2,1-3H3,(H,30,34)(H,31,33). The zero-order chi connectivity index (χ0) is 25.2. The van der Waals surface area contributed by atoms with Crippen LogP contribution in [0.25, 0.3) is 0 Å². The molecule has 0 aliphatic heterocycles. The molecule has 3 amide bonds. The molecule has 3 N–H and O–H groups in total. The SMILES string of the molecule is CCN(CC)C(=O)c1ccc(NCC(=O)Nc2ccc(C(=O)NC(C)c3ccccc3)cc2)cc1. The summed E-state index contributed by atoms with van der Waals surface area (Å²) in [5.41, 5.74) is 3.51. The topological polar surface area (TPSA) is 90.5 Å². The lowest BCUT2D eigenvalue weighted by Crippen LogP contribution is -2.30. The van der Waals surface area contributed by atoms with Gasteiger partial charge in [-0.05, 0) is 74.9 Å². The van der Waals surface area contributed by atoms with Crippen molar-refractivity contribution in [3.63, 3.8) is 0 Å². The van der Waals surface area contributed by atoms with Gasteiger partial charge in [0.25, 0.3) is 11.8 Å². The molecule has 182 valence electrons. The molecule has 1 atom stereocenters. The van der Waals surface area contributed by atoms with Gasteiger partial charge in [-0.1, -0.05) is 30.3 Å². The number of nitrogens with one attached hydrogen (secondary N) is 3. The highest BCUT2D eigenvalue weighted by atomic mass is 16.2. The molecule has 35 heavy (non-hydrogen) atoms. The van der Waals surface area contributed by atoms with E-state index in [2.05, 4.69) is 16.0 Å². The highest BCUT2D eigenvalue weighted by Crippen LogP contribution is 2.15. The molecule has 3 aromatic rings. The molecular formula is C28H32N4O3. The lowest BCUT2D eigenvalue weighted by Gasteiger charge is -2.18. The molecule has 0 aliphatic rings. The average molecular weight is 473 g/mol. The molecule has 0 spiro atoms. The Morgan fingerprint density at radius 1 is 0.771 bits per heavy atom. The number of rotatable bonds is 10. The molecule has 3 rings (SSSR count). The van der Waals surface area contributed by atoms with Gasteiger partial charge in [-0.15, -0.1) is 0 Å². The van der Waals surface area contributed by atoms with Crippen molar-refractivity contribution in [3.05, 3.63) is 95.6 Å². The number of nitrogens with zero attached hydrogens (tertiary/aromatic N) is 1. The van der Waals surface area contributed by atoms with E-state index in [0.29, 0.717) is 29.9 Å². The first kappa shape index (κ1) is 25.5. The Bertz CT molecular complexity index is 1130. The van der Waals surface area contributed by atoms with Crippen LogP contribution in [0.5, 0.6) is 0 Å². The van der Waals surface area contributed by atoms with E-state index >= 15 is 0 Å². The minimum absolute atomic E-state index is 0.00838. The van der Waals surface area contributed by atoms with Crippen molar-refractivity contribution >= 4 is 29.1 Å². The van der Waals surface area contributed by atoms with Crippen molar-refractivity contribution in [3.8, 4) is 0 Å². The summed E-state index contributed by atoms with van der Waals surface area (Å²) in [6.07, 6.45) is 0. The maximum atomic E-state index is 12.5. The maximum Gasteiger partial charge on any atom is 0.253 e. The van der Waals surface area contributed by atoms with Gasteiger partial charge < -0.3 is 20.9 Å². The van der Waals surface area contributed by atoms with Crippen molar-refractivity contribution in [2.24, 2.45) is 0 Å². The Hall–Kier alpha value is -4.13. The number of hydrogen-bond donors (Lipinski definition) is 3. The van der Waals surface area contributed by atoms with Gasteiger partial charge >= 0.3 is 0 Å². The molecule has 0 fully saturated rings. The summed E-state index contributed by atoms with van der Waals surface area (Å²) >= 11 is 0. The third kappa shape index (κ3) is 7.17. The van der Waals surface area contributed by atoms with Gasteiger partial charge in [0, 0.05) is 35.6 Å². The summed E-state index contributed by atoms with van der Waals surface area (Å²) in [5.74, 6) is -0.405. The third-order valence-corrected chi connectivity index (χ3v) is 5.71. The van der Waals surface area contributed by atoms with E-state index in [1.807, 2.05) is 51.1 Å². The van der Waals surface area contributed by atoms with Gasteiger partial charge in [0.2, 0.25) is 5.91 Å². The summed E-state index contributed by atoms with van der Waals surface area (Å²) in [5, 5.41) is 8.84. The molecule has 7 nitrogen and oxygen atoms in total. The minimum Gasteiger partial charge on any atom is -0.376 e. The second-order valence-electron chi connectivity index (χ2n) is 8.14. The van der Waals surface area contributed by atoms with E-state index in [1.54, 1.807) is 53.4 Å². The highest BCUT2D eigenvalue weighted by molar-refractivity contribution is 5.97. The molecule has 0 saturated heterocycles. The molecule has 0 radical (unpaired) electrons. The number of benzene rings is 3. The van der Waals surface area contributed by atoms with Crippen molar-refractivity contribution < 1.29 is 14.4 Å². The van der Waals surface area contributed by atoms with E-state index in [1.165, 1.54) is 0 Å². The van der Waals surface area contributed by atoms with Crippen LogP contribution in [0, 0.1) is 0 Å². The summed E-state index contributed by atoms with van der Waals surface area (Å²) in [6.45, 7) is 7.23.